The summed E-state index contributed by atoms with van der Waals surface area (Å²) in [6.45, 7) is 0.921. The quantitative estimate of drug-likeness (QED) is 0.784. The Morgan fingerprint density at radius 2 is 1.88 bits per heavy atom. The van der Waals surface area contributed by atoms with Crippen LogP contribution in [0.3, 0.4) is 0 Å². The molecule has 1 saturated carbocycles. The first-order valence-electron chi connectivity index (χ1n) is 6.32. The van der Waals surface area contributed by atoms with E-state index in [0.29, 0.717) is 11.5 Å². The Bertz CT molecular complexity index is 399. The molecule has 2 bridgehead atoms. The number of hydrogen-bond acceptors (Lipinski definition) is 1. The van der Waals surface area contributed by atoms with Gasteiger partial charge in [-0.05, 0) is 43.4 Å². The minimum atomic E-state index is 0.321. The number of rotatable bonds is 2. The highest BCUT2D eigenvalue weighted by molar-refractivity contribution is 9.10. The number of halogens is 1. The van der Waals surface area contributed by atoms with Crippen LogP contribution in [0, 0.1) is 5.41 Å². The van der Waals surface area contributed by atoms with Crippen molar-refractivity contribution in [2.24, 2.45) is 5.41 Å². The first kappa shape index (κ1) is 11.5. The normalized spacial score (nSPS) is 32.2. The summed E-state index contributed by atoms with van der Waals surface area (Å²) in [5.74, 6) is 0. The second-order valence-electron chi connectivity index (χ2n) is 5.26. The van der Waals surface area contributed by atoms with Crippen molar-refractivity contribution in [2.45, 2.75) is 31.8 Å². The SMILES string of the molecule is Brc1ccc(C=CC23CCC(CC2)OC3)cc1. The highest BCUT2D eigenvalue weighted by Crippen LogP contribution is 2.44. The molecule has 0 atom stereocenters. The van der Waals surface area contributed by atoms with Gasteiger partial charge in [-0.2, -0.15) is 0 Å². The maximum Gasteiger partial charge on any atom is 0.0576 e. The highest BCUT2D eigenvalue weighted by atomic mass is 79.9. The molecule has 3 aliphatic rings. The molecule has 0 spiro atoms. The summed E-state index contributed by atoms with van der Waals surface area (Å²) < 4.78 is 6.96. The van der Waals surface area contributed by atoms with Gasteiger partial charge in [0.1, 0.15) is 0 Å². The predicted molar refractivity (Wildman–Crippen MR) is 73.8 cm³/mol. The average Bonchev–Trinajstić information content (AvgIpc) is 2.40. The Kier molecular flexibility index (Phi) is 3.10. The zero-order valence-corrected chi connectivity index (χ0v) is 11.4. The molecule has 2 aliphatic heterocycles. The van der Waals surface area contributed by atoms with Crippen LogP contribution >= 0.6 is 15.9 Å². The molecule has 0 N–H and O–H groups in total. The maximum atomic E-state index is 5.83. The topological polar surface area (TPSA) is 9.23 Å². The minimum Gasteiger partial charge on any atom is -0.377 e. The van der Waals surface area contributed by atoms with Crippen LogP contribution in [0.15, 0.2) is 34.8 Å². The summed E-state index contributed by atoms with van der Waals surface area (Å²) in [5.41, 5.74) is 1.59. The van der Waals surface area contributed by atoms with Crippen LogP contribution in [0.25, 0.3) is 6.08 Å². The van der Waals surface area contributed by atoms with Gasteiger partial charge in [0.25, 0.3) is 0 Å². The summed E-state index contributed by atoms with van der Waals surface area (Å²) >= 11 is 3.46. The van der Waals surface area contributed by atoms with E-state index in [1.807, 2.05) is 0 Å². The average molecular weight is 293 g/mol. The molecule has 0 radical (unpaired) electrons. The standard InChI is InChI=1S/C15H17BrO/c16-13-3-1-12(2-4-13)5-8-15-9-6-14(7-10-15)17-11-15/h1-5,8,14H,6-7,9-11H2. The highest BCUT2D eigenvalue weighted by Gasteiger charge is 2.39. The number of fused-ring (bicyclic) bond motifs is 3. The van der Waals surface area contributed by atoms with Gasteiger partial charge in [-0.3, -0.25) is 0 Å². The van der Waals surface area contributed by atoms with E-state index in [1.54, 1.807) is 0 Å². The third-order valence-electron chi connectivity index (χ3n) is 4.03. The van der Waals surface area contributed by atoms with Crippen LogP contribution in [0.2, 0.25) is 0 Å². The molecule has 17 heavy (non-hydrogen) atoms. The van der Waals surface area contributed by atoms with Crippen LogP contribution in [0.5, 0.6) is 0 Å². The maximum absolute atomic E-state index is 5.83. The fraction of sp³-hybridized carbons (Fsp3) is 0.467. The van der Waals surface area contributed by atoms with E-state index in [4.69, 9.17) is 4.74 Å². The molecule has 2 saturated heterocycles. The molecule has 0 unspecified atom stereocenters. The van der Waals surface area contributed by atoms with Gasteiger partial charge in [-0.1, -0.05) is 40.2 Å². The zero-order valence-electron chi connectivity index (χ0n) is 9.86. The van der Waals surface area contributed by atoms with Gasteiger partial charge in [-0.15, -0.1) is 0 Å². The summed E-state index contributed by atoms with van der Waals surface area (Å²) in [4.78, 5) is 0. The first-order chi connectivity index (χ1) is 8.26. The van der Waals surface area contributed by atoms with E-state index in [-0.39, 0.29) is 0 Å². The Hall–Kier alpha value is -0.600. The Labute approximate surface area is 111 Å². The van der Waals surface area contributed by atoms with Crippen molar-refractivity contribution in [3.05, 3.63) is 40.4 Å². The monoisotopic (exact) mass is 292 g/mol. The molecule has 2 heterocycles. The van der Waals surface area contributed by atoms with Gasteiger partial charge in [0.2, 0.25) is 0 Å². The molecule has 4 rings (SSSR count). The molecular weight excluding hydrogens is 276 g/mol. The van der Waals surface area contributed by atoms with Crippen LogP contribution < -0.4 is 0 Å². The minimum absolute atomic E-state index is 0.321. The van der Waals surface area contributed by atoms with Gasteiger partial charge < -0.3 is 4.74 Å². The van der Waals surface area contributed by atoms with Crippen molar-refractivity contribution in [1.82, 2.24) is 0 Å². The largest absolute Gasteiger partial charge is 0.377 e. The predicted octanol–water partition coefficient (Wildman–Crippen LogP) is 4.42. The third kappa shape index (κ3) is 2.48. The summed E-state index contributed by atoms with van der Waals surface area (Å²) in [6.07, 6.45) is 10.3. The Balaban J connectivity index is 1.75. The Morgan fingerprint density at radius 1 is 1.18 bits per heavy atom. The molecule has 3 fully saturated rings. The van der Waals surface area contributed by atoms with Gasteiger partial charge >= 0.3 is 0 Å². The molecule has 1 aromatic rings. The van der Waals surface area contributed by atoms with Crippen molar-refractivity contribution >= 4 is 22.0 Å². The Morgan fingerprint density at radius 3 is 2.47 bits per heavy atom. The number of benzene rings is 1. The molecule has 2 heteroatoms. The van der Waals surface area contributed by atoms with Crippen molar-refractivity contribution in [2.75, 3.05) is 6.61 Å². The van der Waals surface area contributed by atoms with Gasteiger partial charge in [0.15, 0.2) is 0 Å². The zero-order chi connectivity index (χ0) is 11.7. The number of ether oxygens (including phenoxy) is 1. The molecule has 1 nitrogen and oxygen atoms in total. The van der Waals surface area contributed by atoms with Gasteiger partial charge in [-0.25, -0.2) is 0 Å². The first-order valence-corrected chi connectivity index (χ1v) is 7.12. The second-order valence-corrected chi connectivity index (χ2v) is 6.17. The van der Waals surface area contributed by atoms with E-state index in [0.717, 1.165) is 11.1 Å². The molecular formula is C15H17BrO. The van der Waals surface area contributed by atoms with Crippen molar-refractivity contribution in [1.29, 1.82) is 0 Å². The fourth-order valence-corrected chi connectivity index (χ4v) is 3.09. The van der Waals surface area contributed by atoms with Crippen LogP contribution in [-0.4, -0.2) is 12.7 Å². The van der Waals surface area contributed by atoms with Crippen molar-refractivity contribution < 1.29 is 4.74 Å². The van der Waals surface area contributed by atoms with E-state index in [9.17, 15) is 0 Å². The summed E-state index contributed by atoms with van der Waals surface area (Å²) in [7, 11) is 0. The lowest BCUT2D eigenvalue weighted by molar-refractivity contribution is -0.0931. The van der Waals surface area contributed by atoms with Gasteiger partial charge in [0, 0.05) is 9.89 Å². The lowest BCUT2D eigenvalue weighted by Gasteiger charge is -2.44. The summed E-state index contributed by atoms with van der Waals surface area (Å²) in [5, 5.41) is 0. The third-order valence-corrected chi connectivity index (χ3v) is 4.56. The fourth-order valence-electron chi connectivity index (χ4n) is 2.82. The van der Waals surface area contributed by atoms with E-state index < -0.39 is 0 Å². The summed E-state index contributed by atoms with van der Waals surface area (Å²) in [6, 6.07) is 8.47. The molecule has 1 aliphatic carbocycles. The van der Waals surface area contributed by atoms with E-state index in [2.05, 4.69) is 52.3 Å². The van der Waals surface area contributed by atoms with Gasteiger partial charge in [0.05, 0.1) is 12.7 Å². The van der Waals surface area contributed by atoms with E-state index >= 15 is 0 Å². The smallest absolute Gasteiger partial charge is 0.0576 e. The van der Waals surface area contributed by atoms with E-state index in [1.165, 1.54) is 31.2 Å². The molecule has 0 amide bonds. The lowest BCUT2D eigenvalue weighted by Crippen LogP contribution is -2.41. The van der Waals surface area contributed by atoms with Crippen molar-refractivity contribution in [3.8, 4) is 0 Å². The molecule has 90 valence electrons. The van der Waals surface area contributed by atoms with Crippen LogP contribution in [-0.2, 0) is 4.74 Å². The molecule has 0 aromatic heterocycles. The number of hydrogen-bond donors (Lipinski definition) is 0. The lowest BCUT2D eigenvalue weighted by atomic mass is 9.71. The van der Waals surface area contributed by atoms with Crippen molar-refractivity contribution in [3.63, 3.8) is 0 Å². The molecule has 1 aromatic carbocycles. The van der Waals surface area contributed by atoms with Crippen LogP contribution in [0.4, 0.5) is 0 Å². The second kappa shape index (κ2) is 4.58. The van der Waals surface area contributed by atoms with Crippen LogP contribution in [0.1, 0.15) is 31.2 Å².